The zero-order valence-electron chi connectivity index (χ0n) is 24.1. The molecule has 12 heteroatoms. The molecular weight excluding hydrogens is 581 g/mol. The van der Waals surface area contributed by atoms with E-state index in [1.165, 1.54) is 0 Å². The molecule has 1 atom stereocenters. The summed E-state index contributed by atoms with van der Waals surface area (Å²) in [7, 11) is 1.69. The Kier molecular flexibility index (Phi) is 9.20. The molecule has 0 saturated carbocycles. The molecule has 3 heterocycles. The van der Waals surface area contributed by atoms with E-state index in [-0.39, 0.29) is 29.6 Å². The quantitative estimate of drug-likeness (QED) is 0.246. The van der Waals surface area contributed by atoms with Gasteiger partial charge in [0.15, 0.2) is 0 Å². The molecular formula is C30H35Cl2N5O5. The summed E-state index contributed by atoms with van der Waals surface area (Å²) in [4.78, 5) is 45.8. The van der Waals surface area contributed by atoms with Crippen LogP contribution in [-0.4, -0.2) is 52.0 Å². The first-order valence-electron chi connectivity index (χ1n) is 13.6. The van der Waals surface area contributed by atoms with Crippen LogP contribution in [0, 0.1) is 5.41 Å². The standard InChI is InChI=1S/C30H34ClN5O5.ClH/c1-30(2,3)28(39)41-17-40-27(38)18-11-12-23-21(14-18)24-25(26(37)34(23)4)36(15-19-8-5-6-10-22(19)31)29(33-24)35-13-7-9-20(32)16-35;/h5-6,8,10-12,14,20H,7,9,13,15-17,32H2,1-4H3;1H/t20-;/m1./s1. The third kappa shape index (κ3) is 6.11. The SMILES string of the molecule is Cl.Cn1c(=O)c2c(nc(N3CCC[C@@H](N)C3)n2Cc2ccccc2Cl)c2cc(C(=O)OCOC(=O)C(C)(C)C)ccc21. The number of imidazole rings is 1. The van der Waals surface area contributed by atoms with Gasteiger partial charge in [0.2, 0.25) is 12.7 Å². The fourth-order valence-corrected chi connectivity index (χ4v) is 5.27. The summed E-state index contributed by atoms with van der Waals surface area (Å²) in [5.41, 5.74) is 7.95. The van der Waals surface area contributed by atoms with Crippen LogP contribution in [0.2, 0.25) is 5.02 Å². The molecule has 1 saturated heterocycles. The van der Waals surface area contributed by atoms with Gasteiger partial charge in [-0.05, 0) is 63.4 Å². The Labute approximate surface area is 254 Å². The summed E-state index contributed by atoms with van der Waals surface area (Å²) in [6.45, 7) is 6.34. The van der Waals surface area contributed by atoms with Gasteiger partial charge in [-0.25, -0.2) is 9.78 Å². The van der Waals surface area contributed by atoms with Crippen LogP contribution in [0.4, 0.5) is 5.95 Å². The number of aromatic nitrogens is 3. The Bertz CT molecular complexity index is 1710. The lowest BCUT2D eigenvalue weighted by atomic mass is 9.98. The van der Waals surface area contributed by atoms with E-state index in [2.05, 4.69) is 4.90 Å². The van der Waals surface area contributed by atoms with E-state index in [0.717, 1.165) is 24.9 Å². The fourth-order valence-electron chi connectivity index (χ4n) is 5.08. The summed E-state index contributed by atoms with van der Waals surface area (Å²) in [6, 6.07) is 12.4. The van der Waals surface area contributed by atoms with Gasteiger partial charge in [0, 0.05) is 36.6 Å². The van der Waals surface area contributed by atoms with E-state index >= 15 is 0 Å². The van der Waals surface area contributed by atoms with E-state index in [1.807, 2.05) is 28.8 Å². The number of hydrogen-bond acceptors (Lipinski definition) is 8. The van der Waals surface area contributed by atoms with Gasteiger partial charge in [-0.15, -0.1) is 12.4 Å². The van der Waals surface area contributed by atoms with Crippen molar-refractivity contribution in [2.75, 3.05) is 24.8 Å². The number of carbonyl (C=O) groups excluding carboxylic acids is 2. The maximum Gasteiger partial charge on any atom is 0.341 e. The predicted molar refractivity (Wildman–Crippen MR) is 166 cm³/mol. The molecule has 5 rings (SSSR count). The second kappa shape index (κ2) is 12.3. The smallest absolute Gasteiger partial charge is 0.341 e. The number of benzene rings is 2. The zero-order valence-corrected chi connectivity index (χ0v) is 25.6. The van der Waals surface area contributed by atoms with Crippen molar-refractivity contribution in [2.45, 2.75) is 46.2 Å². The molecule has 0 aliphatic carbocycles. The van der Waals surface area contributed by atoms with Gasteiger partial charge in [0.25, 0.3) is 5.56 Å². The highest BCUT2D eigenvalue weighted by Crippen LogP contribution is 2.31. The number of hydrogen-bond donors (Lipinski definition) is 1. The van der Waals surface area contributed by atoms with Crippen molar-refractivity contribution in [1.29, 1.82) is 0 Å². The Morgan fingerprint density at radius 3 is 2.57 bits per heavy atom. The van der Waals surface area contributed by atoms with Gasteiger partial charge < -0.3 is 29.2 Å². The third-order valence-corrected chi connectivity index (χ3v) is 7.69. The van der Waals surface area contributed by atoms with Crippen molar-refractivity contribution in [3.05, 3.63) is 69.0 Å². The van der Waals surface area contributed by atoms with Crippen LogP contribution in [0.15, 0.2) is 47.3 Å². The van der Waals surface area contributed by atoms with E-state index in [4.69, 9.17) is 31.8 Å². The molecule has 10 nitrogen and oxygen atoms in total. The molecule has 2 N–H and O–H groups in total. The maximum atomic E-state index is 13.8. The van der Waals surface area contributed by atoms with Gasteiger partial charge in [-0.2, -0.15) is 0 Å². The average Bonchev–Trinajstić information content (AvgIpc) is 3.31. The van der Waals surface area contributed by atoms with Gasteiger partial charge >= 0.3 is 11.9 Å². The number of aryl methyl sites for hydroxylation is 1. The van der Waals surface area contributed by atoms with Gasteiger partial charge in [0.05, 0.1) is 23.0 Å². The number of ether oxygens (including phenoxy) is 2. The Balaban J connectivity index is 0.00000405. The van der Waals surface area contributed by atoms with Crippen LogP contribution < -0.4 is 16.2 Å². The number of nitrogens with two attached hydrogens (primary N) is 1. The number of rotatable bonds is 6. The highest BCUT2D eigenvalue weighted by Gasteiger charge is 2.27. The molecule has 2 aromatic carbocycles. The fraction of sp³-hybridized carbons (Fsp3) is 0.400. The number of halogens is 2. The van der Waals surface area contributed by atoms with E-state index in [9.17, 15) is 14.4 Å². The van der Waals surface area contributed by atoms with Crippen molar-refractivity contribution >= 4 is 63.8 Å². The van der Waals surface area contributed by atoms with Crippen molar-refractivity contribution in [3.63, 3.8) is 0 Å². The van der Waals surface area contributed by atoms with Crippen LogP contribution in [0.3, 0.4) is 0 Å². The molecule has 0 spiro atoms. The van der Waals surface area contributed by atoms with E-state index < -0.39 is 24.1 Å². The van der Waals surface area contributed by atoms with Crippen molar-refractivity contribution in [2.24, 2.45) is 18.2 Å². The molecule has 1 aliphatic heterocycles. The first-order chi connectivity index (χ1) is 19.5. The zero-order chi connectivity index (χ0) is 29.5. The lowest BCUT2D eigenvalue weighted by Crippen LogP contribution is -2.44. The first kappa shape index (κ1) is 31.3. The summed E-state index contributed by atoms with van der Waals surface area (Å²) < 4.78 is 13.8. The number of piperidine rings is 1. The largest absolute Gasteiger partial charge is 0.427 e. The molecule has 2 aromatic heterocycles. The van der Waals surface area contributed by atoms with Gasteiger partial charge in [-0.3, -0.25) is 9.59 Å². The van der Waals surface area contributed by atoms with E-state index in [0.29, 0.717) is 46.0 Å². The molecule has 0 amide bonds. The number of fused-ring (bicyclic) bond motifs is 3. The maximum absolute atomic E-state index is 13.8. The van der Waals surface area contributed by atoms with Crippen LogP contribution in [0.1, 0.15) is 49.5 Å². The summed E-state index contributed by atoms with van der Waals surface area (Å²) in [5, 5.41) is 1.20. The molecule has 4 aromatic rings. The number of carbonyl (C=O) groups is 2. The summed E-state index contributed by atoms with van der Waals surface area (Å²) >= 11 is 6.53. The van der Waals surface area contributed by atoms with E-state index in [1.54, 1.807) is 50.6 Å². The van der Waals surface area contributed by atoms with Crippen molar-refractivity contribution in [3.8, 4) is 0 Å². The number of nitrogens with zero attached hydrogens (tertiary/aromatic N) is 4. The minimum Gasteiger partial charge on any atom is -0.427 e. The molecule has 0 radical (unpaired) electrons. The van der Waals surface area contributed by atoms with Crippen LogP contribution in [-0.2, 0) is 27.9 Å². The molecule has 224 valence electrons. The molecule has 0 bridgehead atoms. The number of esters is 2. The summed E-state index contributed by atoms with van der Waals surface area (Å²) in [6.07, 6.45) is 1.83. The Hall–Kier alpha value is -3.60. The lowest BCUT2D eigenvalue weighted by molar-refractivity contribution is -0.161. The normalized spacial score (nSPS) is 15.5. The number of anilines is 1. The molecule has 0 unspecified atom stereocenters. The van der Waals surface area contributed by atoms with Gasteiger partial charge in [0.1, 0.15) is 11.0 Å². The summed E-state index contributed by atoms with van der Waals surface area (Å²) in [5.74, 6) is -0.510. The van der Waals surface area contributed by atoms with Crippen LogP contribution in [0.5, 0.6) is 0 Å². The van der Waals surface area contributed by atoms with Crippen LogP contribution in [0.25, 0.3) is 21.9 Å². The van der Waals surface area contributed by atoms with Crippen molar-refractivity contribution < 1.29 is 19.1 Å². The predicted octanol–water partition coefficient (Wildman–Crippen LogP) is 4.64. The lowest BCUT2D eigenvalue weighted by Gasteiger charge is -2.32. The van der Waals surface area contributed by atoms with Crippen LogP contribution >= 0.6 is 24.0 Å². The molecule has 42 heavy (non-hydrogen) atoms. The average molecular weight is 617 g/mol. The molecule has 1 fully saturated rings. The molecule has 1 aliphatic rings. The minimum absolute atomic E-state index is 0. The van der Waals surface area contributed by atoms with Gasteiger partial charge in [-0.1, -0.05) is 29.8 Å². The second-order valence-electron chi connectivity index (χ2n) is 11.5. The number of pyridine rings is 1. The van der Waals surface area contributed by atoms with Crippen molar-refractivity contribution in [1.82, 2.24) is 14.1 Å². The Morgan fingerprint density at radius 1 is 1.14 bits per heavy atom. The highest BCUT2D eigenvalue weighted by molar-refractivity contribution is 6.31. The highest BCUT2D eigenvalue weighted by atomic mass is 35.5. The second-order valence-corrected chi connectivity index (χ2v) is 11.9. The third-order valence-electron chi connectivity index (χ3n) is 7.32. The first-order valence-corrected chi connectivity index (χ1v) is 13.9. The monoisotopic (exact) mass is 615 g/mol. The topological polar surface area (TPSA) is 122 Å². The Morgan fingerprint density at radius 2 is 1.88 bits per heavy atom. The minimum atomic E-state index is -0.718.